The largest absolute Gasteiger partial charge is 0.454 e. The van der Waals surface area contributed by atoms with Gasteiger partial charge in [-0.3, -0.25) is 4.79 Å². The van der Waals surface area contributed by atoms with E-state index in [9.17, 15) is 4.79 Å². The van der Waals surface area contributed by atoms with Crippen LogP contribution in [-0.4, -0.2) is 40.0 Å². The van der Waals surface area contributed by atoms with Gasteiger partial charge < -0.3 is 18.9 Å². The van der Waals surface area contributed by atoms with Crippen LogP contribution in [0.5, 0.6) is 11.5 Å². The molecule has 0 bridgehead atoms. The highest BCUT2D eigenvalue weighted by Gasteiger charge is 2.35. The molecule has 0 radical (unpaired) electrons. The lowest BCUT2D eigenvalue weighted by Gasteiger charge is -2.40. The van der Waals surface area contributed by atoms with Crippen molar-refractivity contribution in [3.8, 4) is 11.5 Å². The average Bonchev–Trinajstić information content (AvgIpc) is 3.25. The van der Waals surface area contributed by atoms with Gasteiger partial charge in [-0.25, -0.2) is 4.98 Å². The Morgan fingerprint density at radius 3 is 2.89 bits per heavy atom. The van der Waals surface area contributed by atoms with E-state index in [0.717, 1.165) is 41.7 Å². The molecule has 144 valence electrons. The van der Waals surface area contributed by atoms with Crippen LogP contribution in [0.3, 0.4) is 0 Å². The lowest BCUT2D eigenvalue weighted by Crippen LogP contribution is -2.45. The van der Waals surface area contributed by atoms with Gasteiger partial charge >= 0.3 is 0 Å². The molecule has 3 heterocycles. The predicted octanol–water partition coefficient (Wildman–Crippen LogP) is 3.24. The molecule has 0 aliphatic carbocycles. The fraction of sp³-hybridized carbons (Fsp3) is 0.500. The van der Waals surface area contributed by atoms with Gasteiger partial charge in [-0.05, 0) is 42.2 Å². The molecule has 1 atom stereocenters. The molecule has 1 aromatic heterocycles. The summed E-state index contributed by atoms with van der Waals surface area (Å²) in [4.78, 5) is 18.9. The van der Waals surface area contributed by atoms with Crippen LogP contribution in [-0.2, 0) is 24.8 Å². The van der Waals surface area contributed by atoms with E-state index < -0.39 is 0 Å². The van der Waals surface area contributed by atoms with Crippen molar-refractivity contribution < 1.29 is 14.3 Å². The number of nitrogens with zero attached hydrogens (tertiary/aromatic N) is 3. The van der Waals surface area contributed by atoms with Crippen molar-refractivity contribution in [3.05, 3.63) is 35.7 Å². The Morgan fingerprint density at radius 1 is 1.30 bits per heavy atom. The molecule has 27 heavy (non-hydrogen) atoms. The molecule has 2 aliphatic heterocycles. The molecule has 2 aliphatic rings. The van der Waals surface area contributed by atoms with Crippen LogP contribution in [0.25, 0.3) is 0 Å². The summed E-state index contributed by atoms with van der Waals surface area (Å²) in [6, 6.07) is 6.15. The van der Waals surface area contributed by atoms with Gasteiger partial charge in [0.25, 0.3) is 0 Å². The Labute approximate surface area is 163 Å². The van der Waals surface area contributed by atoms with Crippen LogP contribution >= 0.6 is 11.8 Å². The molecule has 0 saturated carbocycles. The second kappa shape index (κ2) is 7.11. The molecular formula is C20H25N3O3S. The van der Waals surface area contributed by atoms with E-state index in [1.165, 1.54) is 5.56 Å². The number of thioether (sulfide) groups is 1. The van der Waals surface area contributed by atoms with Gasteiger partial charge in [-0.1, -0.05) is 24.8 Å². The average molecular weight is 388 g/mol. The van der Waals surface area contributed by atoms with Crippen molar-refractivity contribution in [1.29, 1.82) is 0 Å². The van der Waals surface area contributed by atoms with Crippen molar-refractivity contribution >= 4 is 17.7 Å². The summed E-state index contributed by atoms with van der Waals surface area (Å²) in [5, 5.41) is 0.970. The van der Waals surface area contributed by atoms with Gasteiger partial charge in [0.05, 0.1) is 18.4 Å². The summed E-state index contributed by atoms with van der Waals surface area (Å²) in [6.45, 7) is 3.92. The van der Waals surface area contributed by atoms with E-state index in [1.54, 1.807) is 11.8 Å². The van der Waals surface area contributed by atoms with E-state index in [0.29, 0.717) is 19.8 Å². The zero-order valence-corrected chi connectivity index (χ0v) is 16.8. The zero-order chi connectivity index (χ0) is 19.0. The quantitative estimate of drug-likeness (QED) is 0.737. The summed E-state index contributed by atoms with van der Waals surface area (Å²) in [6.07, 6.45) is 6.30. The van der Waals surface area contributed by atoms with E-state index in [2.05, 4.69) is 28.6 Å². The molecular weight excluding hydrogens is 362 g/mol. The fourth-order valence-electron chi connectivity index (χ4n) is 3.98. The summed E-state index contributed by atoms with van der Waals surface area (Å²) in [7, 11) is 2.01. The monoisotopic (exact) mass is 387 g/mol. The molecule has 7 heteroatoms. The Hall–Kier alpha value is -2.15. The number of aromatic nitrogens is 2. The van der Waals surface area contributed by atoms with Crippen LogP contribution in [0.4, 0.5) is 0 Å². The molecule has 1 amide bonds. The van der Waals surface area contributed by atoms with Crippen molar-refractivity contribution in [2.24, 2.45) is 12.5 Å². The standard InChI is InChI=1S/C20H25N3O3S/c1-20(9-14-4-5-16-17(8-14)26-13-25-16)7-6-18(24)23(12-20)11-15-10-21-19(27-3)22(15)2/h4-5,8,10H,6-7,9,11-13H2,1-3H3/t20-/m0/s1. The molecule has 4 rings (SSSR count). The van der Waals surface area contributed by atoms with Gasteiger partial charge in [-0.2, -0.15) is 0 Å². The Balaban J connectivity index is 1.48. The van der Waals surface area contributed by atoms with Gasteiger partial charge in [0.15, 0.2) is 16.7 Å². The van der Waals surface area contributed by atoms with Gasteiger partial charge in [0.2, 0.25) is 12.7 Å². The Bertz CT molecular complexity index is 866. The molecule has 1 fully saturated rings. The van der Waals surface area contributed by atoms with Crippen LogP contribution < -0.4 is 9.47 Å². The van der Waals surface area contributed by atoms with Crippen LogP contribution in [0.15, 0.2) is 29.6 Å². The third-order valence-electron chi connectivity index (χ3n) is 5.51. The number of hydrogen-bond acceptors (Lipinski definition) is 5. The highest BCUT2D eigenvalue weighted by Crippen LogP contribution is 2.38. The smallest absolute Gasteiger partial charge is 0.231 e. The number of piperidine rings is 1. The first-order chi connectivity index (χ1) is 13.0. The molecule has 1 aromatic carbocycles. The maximum absolute atomic E-state index is 12.5. The summed E-state index contributed by atoms with van der Waals surface area (Å²) in [5.74, 6) is 1.86. The number of fused-ring (bicyclic) bond motifs is 1. The number of carbonyl (C=O) groups excluding carboxylic acids is 1. The van der Waals surface area contributed by atoms with Crippen molar-refractivity contribution in [1.82, 2.24) is 14.5 Å². The highest BCUT2D eigenvalue weighted by atomic mass is 32.2. The first-order valence-corrected chi connectivity index (χ1v) is 10.4. The topological polar surface area (TPSA) is 56.6 Å². The van der Waals surface area contributed by atoms with Gasteiger partial charge in [0, 0.05) is 20.0 Å². The number of rotatable bonds is 5. The minimum atomic E-state index is 0.0442. The third-order valence-corrected chi connectivity index (χ3v) is 6.26. The number of benzene rings is 1. The highest BCUT2D eigenvalue weighted by molar-refractivity contribution is 7.98. The van der Waals surface area contributed by atoms with Gasteiger partial charge in [0.1, 0.15) is 0 Å². The number of amides is 1. The third kappa shape index (κ3) is 3.65. The molecule has 6 nitrogen and oxygen atoms in total. The first kappa shape index (κ1) is 18.2. The molecule has 1 saturated heterocycles. The minimum Gasteiger partial charge on any atom is -0.454 e. The second-order valence-electron chi connectivity index (χ2n) is 7.72. The van der Waals surface area contributed by atoms with E-state index in [-0.39, 0.29) is 11.3 Å². The van der Waals surface area contributed by atoms with E-state index in [4.69, 9.17) is 9.47 Å². The van der Waals surface area contributed by atoms with Crippen molar-refractivity contribution in [2.45, 2.75) is 37.9 Å². The summed E-state index contributed by atoms with van der Waals surface area (Å²) >= 11 is 1.62. The number of ether oxygens (including phenoxy) is 2. The number of hydrogen-bond donors (Lipinski definition) is 0. The zero-order valence-electron chi connectivity index (χ0n) is 16.0. The molecule has 0 spiro atoms. The lowest BCUT2D eigenvalue weighted by atomic mass is 9.76. The Kier molecular flexibility index (Phi) is 4.80. The SMILES string of the molecule is CSc1ncc(CN2C[C@](C)(Cc3ccc4c(c3)OCO4)CCC2=O)n1C. The predicted molar refractivity (Wildman–Crippen MR) is 104 cm³/mol. The summed E-state index contributed by atoms with van der Waals surface area (Å²) in [5.41, 5.74) is 2.34. The van der Waals surface area contributed by atoms with Crippen LogP contribution in [0.1, 0.15) is 31.0 Å². The molecule has 0 N–H and O–H groups in total. The van der Waals surface area contributed by atoms with E-state index in [1.807, 2.05) is 30.5 Å². The normalized spacial score (nSPS) is 21.7. The fourth-order valence-corrected chi connectivity index (χ4v) is 4.53. The summed E-state index contributed by atoms with van der Waals surface area (Å²) < 4.78 is 13.0. The minimum absolute atomic E-state index is 0.0442. The van der Waals surface area contributed by atoms with E-state index >= 15 is 0 Å². The van der Waals surface area contributed by atoms with Gasteiger partial charge in [-0.15, -0.1) is 0 Å². The second-order valence-corrected chi connectivity index (χ2v) is 8.49. The number of carbonyl (C=O) groups is 1. The molecule has 2 aromatic rings. The molecule has 0 unspecified atom stereocenters. The Morgan fingerprint density at radius 2 is 2.11 bits per heavy atom. The first-order valence-electron chi connectivity index (χ1n) is 9.18. The maximum atomic E-state index is 12.5. The lowest BCUT2D eigenvalue weighted by molar-refractivity contribution is -0.138. The number of likely N-dealkylation sites (tertiary alicyclic amines) is 1. The van der Waals surface area contributed by atoms with Crippen molar-refractivity contribution in [3.63, 3.8) is 0 Å². The van der Waals surface area contributed by atoms with Crippen molar-refractivity contribution in [2.75, 3.05) is 19.6 Å². The maximum Gasteiger partial charge on any atom is 0.231 e. The number of imidazole rings is 1. The van der Waals surface area contributed by atoms with Crippen LogP contribution in [0.2, 0.25) is 0 Å². The van der Waals surface area contributed by atoms with Crippen LogP contribution in [0, 0.1) is 5.41 Å².